The first-order chi connectivity index (χ1) is 19.0. The molecule has 0 aliphatic heterocycles. The quantitative estimate of drug-likeness (QED) is 0.336. The van der Waals surface area contributed by atoms with Crippen LogP contribution in [0.15, 0.2) is 71.6 Å². The lowest BCUT2D eigenvalue weighted by atomic mass is 10.1. The predicted octanol–water partition coefficient (Wildman–Crippen LogP) is 4.41. The molecule has 214 valence electrons. The number of sulfonamides is 1. The third kappa shape index (κ3) is 7.25. The summed E-state index contributed by atoms with van der Waals surface area (Å²) in [4.78, 5) is 28.0. The van der Waals surface area contributed by atoms with E-state index < -0.39 is 28.5 Å². The third-order valence-electron chi connectivity index (χ3n) is 6.30. The lowest BCUT2D eigenvalue weighted by Gasteiger charge is -2.32. The summed E-state index contributed by atoms with van der Waals surface area (Å²) in [6, 6.07) is 17.1. The molecule has 0 aliphatic rings. The van der Waals surface area contributed by atoms with Gasteiger partial charge in [-0.15, -0.1) is 0 Å². The van der Waals surface area contributed by atoms with Crippen molar-refractivity contribution in [2.75, 3.05) is 31.6 Å². The molecule has 1 N–H and O–H groups in total. The minimum absolute atomic E-state index is 0.0514. The number of carbonyl (C=O) groups excluding carboxylic acids is 2. The van der Waals surface area contributed by atoms with E-state index in [4.69, 9.17) is 21.1 Å². The molecule has 0 spiro atoms. The van der Waals surface area contributed by atoms with Crippen LogP contribution in [-0.2, 0) is 26.2 Å². The van der Waals surface area contributed by atoms with Gasteiger partial charge in [0.1, 0.15) is 12.6 Å². The number of aryl methyl sites for hydroxylation is 1. The van der Waals surface area contributed by atoms with Gasteiger partial charge in [0.15, 0.2) is 11.5 Å². The molecule has 0 aromatic heterocycles. The summed E-state index contributed by atoms with van der Waals surface area (Å²) in [5.74, 6) is -0.333. The van der Waals surface area contributed by atoms with Crippen LogP contribution in [0.1, 0.15) is 25.0 Å². The topological polar surface area (TPSA) is 105 Å². The van der Waals surface area contributed by atoms with Crippen molar-refractivity contribution in [1.29, 1.82) is 0 Å². The summed E-state index contributed by atoms with van der Waals surface area (Å²) in [5, 5.41) is 3.21. The molecule has 3 aromatic rings. The summed E-state index contributed by atoms with van der Waals surface area (Å²) in [5.41, 5.74) is 1.91. The zero-order valence-corrected chi connectivity index (χ0v) is 24.8. The van der Waals surface area contributed by atoms with Gasteiger partial charge in [-0.1, -0.05) is 41.4 Å². The fraction of sp³-hybridized carbons (Fsp3) is 0.310. The summed E-state index contributed by atoms with van der Waals surface area (Å²) in [7, 11) is -1.40. The fourth-order valence-electron chi connectivity index (χ4n) is 4.08. The van der Waals surface area contributed by atoms with Gasteiger partial charge in [-0.05, 0) is 62.7 Å². The minimum atomic E-state index is -4.26. The number of rotatable bonds is 12. The van der Waals surface area contributed by atoms with Gasteiger partial charge in [0.05, 0.1) is 24.8 Å². The Labute approximate surface area is 240 Å². The Morgan fingerprint density at radius 1 is 0.975 bits per heavy atom. The van der Waals surface area contributed by atoms with E-state index in [1.54, 1.807) is 62.4 Å². The molecule has 0 unspecified atom stereocenters. The van der Waals surface area contributed by atoms with Crippen molar-refractivity contribution in [3.63, 3.8) is 0 Å². The molecule has 0 heterocycles. The molecule has 11 heteroatoms. The van der Waals surface area contributed by atoms with Crippen LogP contribution < -0.4 is 19.1 Å². The Balaban J connectivity index is 2.07. The van der Waals surface area contributed by atoms with Crippen LogP contribution in [0.3, 0.4) is 0 Å². The van der Waals surface area contributed by atoms with Crippen molar-refractivity contribution >= 4 is 39.1 Å². The summed E-state index contributed by atoms with van der Waals surface area (Å²) >= 11 is 6.16. The lowest BCUT2D eigenvalue weighted by Crippen LogP contribution is -2.51. The Hall–Kier alpha value is -3.76. The number of ether oxygens (including phenoxy) is 2. The van der Waals surface area contributed by atoms with Gasteiger partial charge in [-0.3, -0.25) is 13.9 Å². The molecule has 9 nitrogen and oxygen atoms in total. The van der Waals surface area contributed by atoms with Crippen molar-refractivity contribution in [3.05, 3.63) is 82.9 Å². The molecule has 3 aromatic carbocycles. The number of hydrogen-bond donors (Lipinski definition) is 1. The van der Waals surface area contributed by atoms with Gasteiger partial charge in [0, 0.05) is 24.2 Å². The van der Waals surface area contributed by atoms with Crippen LogP contribution in [0.5, 0.6) is 11.5 Å². The van der Waals surface area contributed by atoms with E-state index in [-0.39, 0.29) is 23.1 Å². The number of hydrogen-bond acceptors (Lipinski definition) is 6. The fourth-order valence-corrected chi connectivity index (χ4v) is 5.72. The van der Waals surface area contributed by atoms with Gasteiger partial charge in [0.25, 0.3) is 10.0 Å². The van der Waals surface area contributed by atoms with Crippen LogP contribution >= 0.6 is 11.6 Å². The van der Waals surface area contributed by atoms with E-state index in [1.165, 1.54) is 37.3 Å². The third-order valence-corrected chi connectivity index (χ3v) is 8.31. The lowest BCUT2D eigenvalue weighted by molar-refractivity contribution is -0.139. The van der Waals surface area contributed by atoms with Gasteiger partial charge in [-0.2, -0.15) is 0 Å². The average Bonchev–Trinajstić information content (AvgIpc) is 2.94. The average molecular weight is 588 g/mol. The van der Waals surface area contributed by atoms with E-state index in [0.29, 0.717) is 28.6 Å². The second kappa shape index (κ2) is 13.5. The van der Waals surface area contributed by atoms with Gasteiger partial charge < -0.3 is 19.7 Å². The molecular formula is C29H34ClN3O6S. The zero-order chi connectivity index (χ0) is 29.4. The minimum Gasteiger partial charge on any atom is -0.493 e. The first-order valence-electron chi connectivity index (χ1n) is 12.6. The number of amides is 2. The molecular weight excluding hydrogens is 554 g/mol. The van der Waals surface area contributed by atoms with Gasteiger partial charge in [-0.25, -0.2) is 8.42 Å². The van der Waals surface area contributed by atoms with Crippen molar-refractivity contribution in [1.82, 2.24) is 10.2 Å². The number of carbonyl (C=O) groups is 2. The summed E-state index contributed by atoms with van der Waals surface area (Å²) < 4.78 is 39.6. The highest BCUT2D eigenvalue weighted by Gasteiger charge is 2.33. The van der Waals surface area contributed by atoms with Gasteiger partial charge >= 0.3 is 0 Å². The van der Waals surface area contributed by atoms with Crippen molar-refractivity contribution in [2.45, 2.75) is 38.3 Å². The second-order valence-electron chi connectivity index (χ2n) is 9.09. The van der Waals surface area contributed by atoms with Crippen LogP contribution in [-0.4, -0.2) is 58.5 Å². The number of halogens is 1. The first-order valence-corrected chi connectivity index (χ1v) is 14.5. The largest absolute Gasteiger partial charge is 0.493 e. The molecule has 40 heavy (non-hydrogen) atoms. The van der Waals surface area contributed by atoms with E-state index in [1.807, 2.05) is 6.92 Å². The Morgan fingerprint density at radius 3 is 2.25 bits per heavy atom. The van der Waals surface area contributed by atoms with E-state index >= 15 is 0 Å². The molecule has 1 atom stereocenters. The second-order valence-corrected chi connectivity index (χ2v) is 11.4. The van der Waals surface area contributed by atoms with Crippen LogP contribution in [0.4, 0.5) is 5.69 Å². The van der Waals surface area contributed by atoms with E-state index in [0.717, 1.165) is 9.87 Å². The zero-order valence-electron chi connectivity index (χ0n) is 23.2. The maximum atomic E-state index is 14.0. The van der Waals surface area contributed by atoms with Crippen molar-refractivity contribution in [3.8, 4) is 11.5 Å². The SMILES string of the molecule is CCNC(=O)[C@H](C)N(Cc1cccc(Cl)c1)C(=O)CN(c1ccc(C)cc1)S(=O)(=O)c1ccc(OC)c(OC)c1. The molecule has 3 rings (SSSR count). The van der Waals surface area contributed by atoms with E-state index in [9.17, 15) is 18.0 Å². The first kappa shape index (κ1) is 30.8. The maximum Gasteiger partial charge on any atom is 0.264 e. The number of nitrogens with one attached hydrogen (secondary N) is 1. The predicted molar refractivity (Wildman–Crippen MR) is 155 cm³/mol. The van der Waals surface area contributed by atoms with Crippen LogP contribution in [0.2, 0.25) is 5.02 Å². The van der Waals surface area contributed by atoms with Crippen molar-refractivity contribution in [2.24, 2.45) is 0 Å². The van der Waals surface area contributed by atoms with Gasteiger partial charge in [0.2, 0.25) is 11.8 Å². The molecule has 0 saturated heterocycles. The number of likely N-dealkylation sites (N-methyl/N-ethyl adjacent to an activating group) is 1. The highest BCUT2D eigenvalue weighted by Crippen LogP contribution is 2.32. The van der Waals surface area contributed by atoms with Crippen LogP contribution in [0.25, 0.3) is 0 Å². The van der Waals surface area contributed by atoms with Crippen molar-refractivity contribution < 1.29 is 27.5 Å². The number of anilines is 1. The molecule has 2 amide bonds. The molecule has 0 saturated carbocycles. The monoisotopic (exact) mass is 587 g/mol. The number of benzene rings is 3. The smallest absolute Gasteiger partial charge is 0.264 e. The Bertz CT molecular complexity index is 1450. The van der Waals surface area contributed by atoms with Crippen LogP contribution in [0, 0.1) is 6.92 Å². The molecule has 0 fully saturated rings. The number of nitrogens with zero attached hydrogens (tertiary/aromatic N) is 2. The maximum absolute atomic E-state index is 14.0. The highest BCUT2D eigenvalue weighted by atomic mass is 35.5. The normalized spacial score (nSPS) is 11.8. The molecule has 0 radical (unpaired) electrons. The Kier molecular flexibility index (Phi) is 10.4. The van der Waals surface area contributed by atoms with E-state index in [2.05, 4.69) is 5.32 Å². The standard InChI is InChI=1S/C29H34ClN3O6S/c1-6-31-29(35)21(3)32(18-22-8-7-9-23(30)16-22)28(34)19-33(24-12-10-20(2)11-13-24)40(36,37)25-14-15-26(38-4)27(17-25)39-5/h7-17,21H,6,18-19H2,1-5H3,(H,31,35)/t21-/m0/s1. The summed E-state index contributed by atoms with van der Waals surface area (Å²) in [6.07, 6.45) is 0. The Morgan fingerprint density at radius 2 is 1.65 bits per heavy atom. The highest BCUT2D eigenvalue weighted by molar-refractivity contribution is 7.92. The summed E-state index contributed by atoms with van der Waals surface area (Å²) in [6.45, 7) is 5.14. The number of methoxy groups -OCH3 is 2. The molecule has 0 bridgehead atoms. The molecule has 0 aliphatic carbocycles.